The van der Waals surface area contributed by atoms with Crippen LogP contribution >= 0.6 is 0 Å². The lowest BCUT2D eigenvalue weighted by Crippen LogP contribution is -2.11. The molecule has 0 fully saturated rings. The molecule has 0 atom stereocenters. The van der Waals surface area contributed by atoms with E-state index in [0.29, 0.717) is 24.5 Å². The molecule has 0 amide bonds. The number of hydrogen-bond acceptors (Lipinski definition) is 4. The molecule has 0 aromatic carbocycles. The maximum atomic E-state index is 11.6. The molecule has 0 aliphatic rings. The number of rotatable bonds is 6. The van der Waals surface area contributed by atoms with E-state index in [1.165, 1.54) is 0 Å². The maximum Gasteiger partial charge on any atom is 0.341 e. The predicted molar refractivity (Wildman–Crippen MR) is 63.5 cm³/mol. The van der Waals surface area contributed by atoms with E-state index in [2.05, 4.69) is 16.9 Å². The topological polar surface area (TPSA) is 51.2 Å². The molecule has 0 radical (unpaired) electrons. The molecule has 4 nitrogen and oxygen atoms in total. The van der Waals surface area contributed by atoms with E-state index >= 15 is 0 Å². The zero-order chi connectivity index (χ0) is 11.8. The first kappa shape index (κ1) is 12.2. The van der Waals surface area contributed by atoms with Crippen LogP contribution in [0.1, 0.15) is 23.7 Å². The summed E-state index contributed by atoms with van der Waals surface area (Å²) in [5.41, 5.74) is 0.466. The van der Waals surface area contributed by atoms with Gasteiger partial charge in [0.05, 0.1) is 6.61 Å². The van der Waals surface area contributed by atoms with Crippen LogP contribution in [0.5, 0.6) is 0 Å². The monoisotopic (exact) mass is 220 g/mol. The third kappa shape index (κ3) is 3.38. The highest BCUT2D eigenvalue weighted by Crippen LogP contribution is 2.12. The van der Waals surface area contributed by atoms with Gasteiger partial charge in [-0.3, -0.25) is 0 Å². The molecule has 1 aromatic rings. The van der Waals surface area contributed by atoms with Gasteiger partial charge in [-0.1, -0.05) is 6.08 Å². The summed E-state index contributed by atoms with van der Waals surface area (Å²) < 4.78 is 4.94. The smallest absolute Gasteiger partial charge is 0.341 e. The molecule has 4 heteroatoms. The van der Waals surface area contributed by atoms with Gasteiger partial charge < -0.3 is 10.1 Å². The van der Waals surface area contributed by atoms with E-state index in [-0.39, 0.29) is 5.97 Å². The van der Waals surface area contributed by atoms with E-state index in [1.807, 2.05) is 0 Å². The molecule has 16 heavy (non-hydrogen) atoms. The van der Waals surface area contributed by atoms with Crippen molar-refractivity contribution in [3.05, 3.63) is 36.5 Å². The fourth-order valence-corrected chi connectivity index (χ4v) is 1.21. The average molecular weight is 220 g/mol. The Labute approximate surface area is 95.3 Å². The summed E-state index contributed by atoms with van der Waals surface area (Å²) in [5, 5.41) is 3.07. The van der Waals surface area contributed by atoms with Crippen LogP contribution in [0.4, 0.5) is 5.82 Å². The molecule has 1 rings (SSSR count). The Bertz CT molecular complexity index is 364. The van der Waals surface area contributed by atoms with Gasteiger partial charge in [0.15, 0.2) is 0 Å². The predicted octanol–water partition coefficient (Wildman–Crippen LogP) is 2.25. The zero-order valence-corrected chi connectivity index (χ0v) is 9.40. The third-order valence-electron chi connectivity index (χ3n) is 1.94. The van der Waals surface area contributed by atoms with Crippen LogP contribution in [0.2, 0.25) is 0 Å². The van der Waals surface area contributed by atoms with Crippen molar-refractivity contribution in [3.8, 4) is 0 Å². The first-order valence-corrected chi connectivity index (χ1v) is 5.26. The fraction of sp³-hybridized carbons (Fsp3) is 0.333. The quantitative estimate of drug-likeness (QED) is 0.454. The lowest BCUT2D eigenvalue weighted by molar-refractivity contribution is 0.0527. The van der Waals surface area contributed by atoms with Crippen LogP contribution in [0.25, 0.3) is 0 Å². The molecule has 0 unspecified atom stereocenters. The number of hydrogen-bond donors (Lipinski definition) is 1. The number of aromatic nitrogens is 1. The second-order valence-electron chi connectivity index (χ2n) is 3.12. The Morgan fingerprint density at radius 2 is 2.50 bits per heavy atom. The minimum Gasteiger partial charge on any atom is -0.462 e. The van der Waals surface area contributed by atoms with Gasteiger partial charge in [-0.25, -0.2) is 9.78 Å². The number of carbonyl (C=O) groups is 1. The average Bonchev–Trinajstić information content (AvgIpc) is 2.30. The van der Waals surface area contributed by atoms with Gasteiger partial charge in [-0.05, 0) is 25.5 Å². The van der Waals surface area contributed by atoms with Crippen molar-refractivity contribution in [2.24, 2.45) is 0 Å². The molecule has 0 aliphatic carbocycles. The summed E-state index contributed by atoms with van der Waals surface area (Å²) in [7, 11) is 0. The molecule has 1 heterocycles. The van der Waals surface area contributed by atoms with Gasteiger partial charge in [0.2, 0.25) is 0 Å². The van der Waals surface area contributed by atoms with Crippen molar-refractivity contribution in [1.82, 2.24) is 4.98 Å². The van der Waals surface area contributed by atoms with Crippen LogP contribution in [0.3, 0.4) is 0 Å². The van der Waals surface area contributed by atoms with Crippen molar-refractivity contribution in [2.45, 2.75) is 13.3 Å². The molecule has 0 saturated heterocycles. The van der Waals surface area contributed by atoms with Crippen molar-refractivity contribution >= 4 is 11.8 Å². The highest BCUT2D eigenvalue weighted by Gasteiger charge is 2.12. The van der Waals surface area contributed by atoms with Gasteiger partial charge in [0, 0.05) is 12.7 Å². The fourth-order valence-electron chi connectivity index (χ4n) is 1.21. The van der Waals surface area contributed by atoms with Crippen LogP contribution in [-0.2, 0) is 4.74 Å². The molecular formula is C12H16N2O2. The van der Waals surface area contributed by atoms with Crippen LogP contribution in [-0.4, -0.2) is 24.1 Å². The largest absolute Gasteiger partial charge is 0.462 e. The van der Waals surface area contributed by atoms with E-state index in [9.17, 15) is 4.79 Å². The van der Waals surface area contributed by atoms with Gasteiger partial charge in [0.25, 0.3) is 0 Å². The highest BCUT2D eigenvalue weighted by molar-refractivity contribution is 5.94. The SMILES string of the molecule is C=CCCNc1ncccc1C(=O)OCC. The first-order chi connectivity index (χ1) is 7.79. The summed E-state index contributed by atoms with van der Waals surface area (Å²) in [6.07, 6.45) is 4.26. The Hall–Kier alpha value is -1.84. The number of nitrogens with one attached hydrogen (secondary N) is 1. The van der Waals surface area contributed by atoms with Crippen LogP contribution in [0.15, 0.2) is 31.0 Å². The molecule has 0 saturated carbocycles. The minimum atomic E-state index is -0.350. The van der Waals surface area contributed by atoms with Gasteiger partial charge in [-0.2, -0.15) is 0 Å². The highest BCUT2D eigenvalue weighted by atomic mass is 16.5. The van der Waals surface area contributed by atoms with Gasteiger partial charge in [-0.15, -0.1) is 6.58 Å². The normalized spacial score (nSPS) is 9.56. The molecule has 86 valence electrons. The molecule has 1 aromatic heterocycles. The zero-order valence-electron chi connectivity index (χ0n) is 9.40. The summed E-state index contributed by atoms with van der Waals surface area (Å²) in [5.74, 6) is 0.208. The second-order valence-corrected chi connectivity index (χ2v) is 3.12. The van der Waals surface area contributed by atoms with E-state index in [4.69, 9.17) is 4.74 Å². The second kappa shape index (κ2) is 6.61. The van der Waals surface area contributed by atoms with E-state index in [0.717, 1.165) is 6.42 Å². The molecule has 0 spiro atoms. The lowest BCUT2D eigenvalue weighted by atomic mass is 10.2. The molecule has 1 N–H and O–H groups in total. The first-order valence-electron chi connectivity index (χ1n) is 5.26. The van der Waals surface area contributed by atoms with E-state index in [1.54, 1.807) is 31.3 Å². The Kier molecular flexibility index (Phi) is 5.05. The standard InChI is InChI=1S/C12H16N2O2/c1-3-5-8-13-11-10(7-6-9-14-11)12(15)16-4-2/h3,6-7,9H,1,4-5,8H2,2H3,(H,13,14). The van der Waals surface area contributed by atoms with Crippen molar-refractivity contribution in [2.75, 3.05) is 18.5 Å². The van der Waals surface area contributed by atoms with Crippen molar-refractivity contribution in [1.29, 1.82) is 0 Å². The van der Waals surface area contributed by atoms with E-state index < -0.39 is 0 Å². The molecule has 0 aliphatic heterocycles. The summed E-state index contributed by atoms with van der Waals surface area (Å²) in [4.78, 5) is 15.7. The van der Waals surface area contributed by atoms with Gasteiger partial charge >= 0.3 is 5.97 Å². The summed E-state index contributed by atoms with van der Waals surface area (Å²) in [6.45, 7) is 6.47. The number of pyridine rings is 1. The third-order valence-corrected chi connectivity index (χ3v) is 1.94. The Morgan fingerprint density at radius 3 is 3.19 bits per heavy atom. The van der Waals surface area contributed by atoms with Crippen molar-refractivity contribution in [3.63, 3.8) is 0 Å². The summed E-state index contributed by atoms with van der Waals surface area (Å²) >= 11 is 0. The maximum absolute atomic E-state index is 11.6. The van der Waals surface area contributed by atoms with Crippen LogP contribution in [0, 0.1) is 0 Å². The number of nitrogens with zero attached hydrogens (tertiary/aromatic N) is 1. The summed E-state index contributed by atoms with van der Waals surface area (Å²) in [6, 6.07) is 3.41. The Morgan fingerprint density at radius 1 is 1.69 bits per heavy atom. The minimum absolute atomic E-state index is 0.350. The number of ether oxygens (including phenoxy) is 1. The number of anilines is 1. The molecular weight excluding hydrogens is 204 g/mol. The van der Waals surface area contributed by atoms with Gasteiger partial charge in [0.1, 0.15) is 11.4 Å². The van der Waals surface area contributed by atoms with Crippen LogP contribution < -0.4 is 5.32 Å². The van der Waals surface area contributed by atoms with Crippen molar-refractivity contribution < 1.29 is 9.53 Å². The lowest BCUT2D eigenvalue weighted by Gasteiger charge is -2.08. The molecule has 0 bridgehead atoms. The number of carbonyl (C=O) groups excluding carboxylic acids is 1. The Balaban J connectivity index is 2.74. The number of esters is 1.